The number of hydrogen-bond donors (Lipinski definition) is 2. The maximum atomic E-state index is 13.2. The molecule has 2 rings (SSSR count). The van der Waals surface area contributed by atoms with Gasteiger partial charge in [0, 0.05) is 12.0 Å². The number of benzene rings is 1. The number of aromatic hydroxyl groups is 1. The summed E-state index contributed by atoms with van der Waals surface area (Å²) in [5, 5.41) is 18.8. The zero-order chi connectivity index (χ0) is 10.3. The summed E-state index contributed by atoms with van der Waals surface area (Å²) >= 11 is 0. The second-order valence-corrected chi connectivity index (χ2v) is 3.76. The second kappa shape index (κ2) is 2.92. The minimum absolute atomic E-state index is 0.0254. The highest BCUT2D eigenvalue weighted by molar-refractivity contribution is 5.36. The van der Waals surface area contributed by atoms with Crippen LogP contribution in [0.15, 0.2) is 12.1 Å². The first-order valence-electron chi connectivity index (χ1n) is 4.40. The highest BCUT2D eigenvalue weighted by atomic mass is 19.1. The molecule has 0 aliphatic heterocycles. The third kappa shape index (κ3) is 1.57. The molecule has 2 nitrogen and oxygen atoms in total. The molecule has 0 saturated heterocycles. The van der Waals surface area contributed by atoms with Crippen LogP contribution >= 0.6 is 0 Å². The van der Waals surface area contributed by atoms with Crippen molar-refractivity contribution in [2.45, 2.75) is 24.9 Å². The lowest BCUT2D eigenvalue weighted by Crippen LogP contribution is -2.12. The molecule has 0 atom stereocenters. The third-order valence-electron chi connectivity index (χ3n) is 2.51. The monoisotopic (exact) mass is 200 g/mol. The topological polar surface area (TPSA) is 40.5 Å². The van der Waals surface area contributed by atoms with Gasteiger partial charge in [0.2, 0.25) is 0 Å². The van der Waals surface area contributed by atoms with Gasteiger partial charge in [-0.05, 0) is 25.0 Å². The molecule has 76 valence electrons. The van der Waals surface area contributed by atoms with Gasteiger partial charge in [0.05, 0.1) is 5.60 Å². The number of rotatable bonds is 2. The Kier molecular flexibility index (Phi) is 1.96. The first-order valence-corrected chi connectivity index (χ1v) is 4.40. The minimum Gasteiger partial charge on any atom is -0.505 e. The molecule has 1 aliphatic carbocycles. The second-order valence-electron chi connectivity index (χ2n) is 3.76. The van der Waals surface area contributed by atoms with Gasteiger partial charge in [0.25, 0.3) is 0 Å². The smallest absolute Gasteiger partial charge is 0.165 e. The van der Waals surface area contributed by atoms with Crippen LogP contribution in [0.4, 0.5) is 8.78 Å². The van der Waals surface area contributed by atoms with Gasteiger partial charge < -0.3 is 10.2 Å². The average molecular weight is 200 g/mol. The van der Waals surface area contributed by atoms with Crippen molar-refractivity contribution >= 4 is 0 Å². The standard InChI is InChI=1S/C10H10F2O2/c11-7-1-2-8(12)9(13)6(7)5-10(14)3-4-10/h1-2,13-14H,3-5H2. The molecule has 0 amide bonds. The fourth-order valence-corrected chi connectivity index (χ4v) is 1.40. The van der Waals surface area contributed by atoms with Crippen LogP contribution in [0.1, 0.15) is 18.4 Å². The Morgan fingerprint density at radius 1 is 1.21 bits per heavy atom. The summed E-state index contributed by atoms with van der Waals surface area (Å²) < 4.78 is 26.0. The van der Waals surface area contributed by atoms with Crippen LogP contribution in [-0.2, 0) is 6.42 Å². The Morgan fingerprint density at radius 3 is 2.36 bits per heavy atom. The van der Waals surface area contributed by atoms with Crippen LogP contribution in [0.3, 0.4) is 0 Å². The zero-order valence-corrected chi connectivity index (χ0v) is 7.43. The van der Waals surface area contributed by atoms with Crippen LogP contribution in [0, 0.1) is 11.6 Å². The molecule has 1 aromatic rings. The van der Waals surface area contributed by atoms with E-state index >= 15 is 0 Å². The first kappa shape index (κ1) is 9.40. The summed E-state index contributed by atoms with van der Waals surface area (Å²) in [4.78, 5) is 0. The van der Waals surface area contributed by atoms with Crippen molar-refractivity contribution in [3.63, 3.8) is 0 Å². The van der Waals surface area contributed by atoms with Crippen LogP contribution in [-0.4, -0.2) is 15.8 Å². The fraction of sp³-hybridized carbons (Fsp3) is 0.400. The number of hydrogen-bond acceptors (Lipinski definition) is 2. The Labute approximate surface area is 79.8 Å². The zero-order valence-electron chi connectivity index (χ0n) is 7.43. The minimum atomic E-state index is -0.938. The Morgan fingerprint density at radius 2 is 1.79 bits per heavy atom. The van der Waals surface area contributed by atoms with E-state index in [9.17, 15) is 19.0 Å². The predicted molar refractivity (Wildman–Crippen MR) is 45.9 cm³/mol. The van der Waals surface area contributed by atoms with Crippen molar-refractivity contribution in [1.29, 1.82) is 0 Å². The van der Waals surface area contributed by atoms with Crippen molar-refractivity contribution in [2.75, 3.05) is 0 Å². The van der Waals surface area contributed by atoms with Gasteiger partial charge in [-0.15, -0.1) is 0 Å². The number of aliphatic hydroxyl groups is 1. The van der Waals surface area contributed by atoms with Crippen molar-refractivity contribution < 1.29 is 19.0 Å². The lowest BCUT2D eigenvalue weighted by Gasteiger charge is -2.10. The molecular weight excluding hydrogens is 190 g/mol. The van der Waals surface area contributed by atoms with E-state index in [4.69, 9.17) is 0 Å². The van der Waals surface area contributed by atoms with Gasteiger partial charge in [-0.3, -0.25) is 0 Å². The fourth-order valence-electron chi connectivity index (χ4n) is 1.40. The Balaban J connectivity index is 2.35. The number of halogens is 2. The SMILES string of the molecule is Oc1c(F)ccc(F)c1CC1(O)CC1. The summed E-state index contributed by atoms with van der Waals surface area (Å²) in [5.74, 6) is -2.22. The number of phenols is 1. The van der Waals surface area contributed by atoms with Crippen LogP contribution in [0.5, 0.6) is 5.75 Å². The van der Waals surface area contributed by atoms with Crippen LogP contribution < -0.4 is 0 Å². The largest absolute Gasteiger partial charge is 0.505 e. The van der Waals surface area contributed by atoms with Gasteiger partial charge in [-0.1, -0.05) is 0 Å². The summed E-state index contributed by atoms with van der Waals surface area (Å²) in [6, 6.07) is 1.82. The van der Waals surface area contributed by atoms with Crippen molar-refractivity contribution in [2.24, 2.45) is 0 Å². The van der Waals surface area contributed by atoms with Gasteiger partial charge in [0.1, 0.15) is 5.82 Å². The van der Waals surface area contributed by atoms with Crippen molar-refractivity contribution in [3.05, 3.63) is 29.3 Å². The van der Waals surface area contributed by atoms with E-state index in [1.165, 1.54) is 0 Å². The molecule has 0 heterocycles. The molecule has 0 bridgehead atoms. The van der Waals surface area contributed by atoms with Gasteiger partial charge in [-0.2, -0.15) is 0 Å². The molecule has 0 unspecified atom stereocenters. The Bertz CT molecular complexity index is 373. The molecule has 1 saturated carbocycles. The average Bonchev–Trinajstić information content (AvgIpc) is 2.86. The molecule has 0 aromatic heterocycles. The molecule has 1 aliphatic rings. The van der Waals surface area contributed by atoms with Crippen LogP contribution in [0.2, 0.25) is 0 Å². The normalized spacial score (nSPS) is 18.2. The highest BCUT2D eigenvalue weighted by Crippen LogP contribution is 2.40. The van der Waals surface area contributed by atoms with E-state index in [1.807, 2.05) is 0 Å². The lowest BCUT2D eigenvalue weighted by molar-refractivity contribution is 0.148. The van der Waals surface area contributed by atoms with E-state index in [0.29, 0.717) is 12.8 Å². The van der Waals surface area contributed by atoms with E-state index in [2.05, 4.69) is 0 Å². The number of phenolic OH excluding ortho intramolecular Hbond substituents is 1. The van der Waals surface area contributed by atoms with E-state index in [0.717, 1.165) is 12.1 Å². The molecular formula is C10H10F2O2. The molecule has 14 heavy (non-hydrogen) atoms. The quantitative estimate of drug-likeness (QED) is 0.763. The predicted octanol–water partition coefficient (Wildman–Crippen LogP) is 1.74. The molecule has 0 radical (unpaired) electrons. The maximum absolute atomic E-state index is 13.2. The molecule has 1 fully saturated rings. The maximum Gasteiger partial charge on any atom is 0.165 e. The van der Waals surface area contributed by atoms with Crippen molar-refractivity contribution in [1.82, 2.24) is 0 Å². The first-order chi connectivity index (χ1) is 6.52. The summed E-state index contributed by atoms with van der Waals surface area (Å²) in [7, 11) is 0. The Hall–Kier alpha value is -1.16. The van der Waals surface area contributed by atoms with Gasteiger partial charge in [0.15, 0.2) is 11.6 Å². The van der Waals surface area contributed by atoms with E-state index in [-0.39, 0.29) is 12.0 Å². The van der Waals surface area contributed by atoms with Gasteiger partial charge in [-0.25, -0.2) is 8.78 Å². The summed E-state index contributed by atoms with van der Waals surface area (Å²) in [5.41, 5.74) is -1.07. The lowest BCUT2D eigenvalue weighted by atomic mass is 10.0. The molecule has 0 spiro atoms. The van der Waals surface area contributed by atoms with Gasteiger partial charge >= 0.3 is 0 Å². The van der Waals surface area contributed by atoms with E-state index < -0.39 is 23.0 Å². The summed E-state index contributed by atoms with van der Waals surface area (Å²) in [6.45, 7) is 0. The highest BCUT2D eigenvalue weighted by Gasteiger charge is 2.41. The molecule has 4 heteroatoms. The molecule has 2 N–H and O–H groups in total. The summed E-state index contributed by atoms with van der Waals surface area (Å²) in [6.07, 6.45) is 1.12. The van der Waals surface area contributed by atoms with E-state index in [1.54, 1.807) is 0 Å². The third-order valence-corrected chi connectivity index (χ3v) is 2.51. The van der Waals surface area contributed by atoms with Crippen LogP contribution in [0.25, 0.3) is 0 Å². The molecule has 1 aromatic carbocycles. The van der Waals surface area contributed by atoms with Crippen molar-refractivity contribution in [3.8, 4) is 5.75 Å².